The number of hydrogen-bond acceptors (Lipinski definition) is 4. The molecule has 21 heavy (non-hydrogen) atoms. The lowest BCUT2D eigenvalue weighted by Crippen LogP contribution is -2.36. The summed E-state index contributed by atoms with van der Waals surface area (Å²) in [6, 6.07) is 4.03. The van der Waals surface area contributed by atoms with Gasteiger partial charge in [-0.25, -0.2) is 8.42 Å². The smallest absolute Gasteiger partial charge is 0.304 e. The van der Waals surface area contributed by atoms with Crippen LogP contribution in [-0.2, 0) is 14.8 Å². The minimum Gasteiger partial charge on any atom is -0.496 e. The summed E-state index contributed by atoms with van der Waals surface area (Å²) in [5, 5.41) is 8.89. The average Bonchev–Trinajstić information content (AvgIpc) is 2.86. The Labute approximate surface area is 131 Å². The average molecular weight is 378 g/mol. The number of methoxy groups -OCH3 is 1. The highest BCUT2D eigenvalue weighted by molar-refractivity contribution is 9.10. The summed E-state index contributed by atoms with van der Waals surface area (Å²) in [6.45, 7) is 0.351. The number of hydrogen-bond donors (Lipinski definition) is 1. The Balaban J connectivity index is 2.32. The maximum absolute atomic E-state index is 12.6. The van der Waals surface area contributed by atoms with Gasteiger partial charge >= 0.3 is 5.97 Å². The quantitative estimate of drug-likeness (QED) is 0.848. The first-order valence-corrected chi connectivity index (χ1v) is 8.66. The second-order valence-corrected chi connectivity index (χ2v) is 7.55. The number of benzene rings is 1. The standard InChI is InChI=1S/C13H16BrNO5S/c1-20-12-5-4-10(8-11(12)14)21(18,19)15-6-2-3-9(15)7-13(16)17/h4-5,8-9H,2-3,6-7H2,1H3,(H,16,17). The van der Waals surface area contributed by atoms with Crippen molar-refractivity contribution in [3.05, 3.63) is 22.7 Å². The Bertz CT molecular complexity index is 646. The Morgan fingerprint density at radius 2 is 2.24 bits per heavy atom. The molecule has 0 saturated carbocycles. The van der Waals surface area contributed by atoms with Crippen LogP contribution in [0.15, 0.2) is 27.6 Å². The van der Waals surface area contributed by atoms with E-state index in [1.54, 1.807) is 6.07 Å². The molecule has 1 aliphatic rings. The number of aliphatic carboxylic acids is 1. The van der Waals surface area contributed by atoms with Crippen LogP contribution in [-0.4, -0.2) is 43.5 Å². The largest absolute Gasteiger partial charge is 0.496 e. The van der Waals surface area contributed by atoms with E-state index >= 15 is 0 Å². The van der Waals surface area contributed by atoms with E-state index in [2.05, 4.69) is 15.9 Å². The summed E-state index contributed by atoms with van der Waals surface area (Å²) in [5.41, 5.74) is 0. The molecule has 1 heterocycles. The van der Waals surface area contributed by atoms with Gasteiger partial charge in [0.15, 0.2) is 0 Å². The van der Waals surface area contributed by atoms with E-state index < -0.39 is 22.0 Å². The number of sulfonamides is 1. The third-order valence-electron chi connectivity index (χ3n) is 3.46. The van der Waals surface area contributed by atoms with E-state index in [1.807, 2.05) is 0 Å². The van der Waals surface area contributed by atoms with Crippen molar-refractivity contribution in [3.8, 4) is 5.75 Å². The summed E-state index contributed by atoms with van der Waals surface area (Å²) in [7, 11) is -2.20. The van der Waals surface area contributed by atoms with Gasteiger partial charge in [-0.3, -0.25) is 4.79 Å². The Morgan fingerprint density at radius 1 is 1.52 bits per heavy atom. The van der Waals surface area contributed by atoms with Gasteiger partial charge in [-0.15, -0.1) is 0 Å². The second-order valence-electron chi connectivity index (χ2n) is 4.81. The summed E-state index contributed by atoms with van der Waals surface area (Å²) >= 11 is 3.26. The van der Waals surface area contributed by atoms with E-state index in [1.165, 1.54) is 23.5 Å². The molecule has 6 nitrogen and oxygen atoms in total. The van der Waals surface area contributed by atoms with Crippen LogP contribution in [0.5, 0.6) is 5.75 Å². The molecule has 0 radical (unpaired) electrons. The zero-order chi connectivity index (χ0) is 15.6. The first-order chi connectivity index (χ1) is 9.86. The second kappa shape index (κ2) is 6.33. The highest BCUT2D eigenvalue weighted by Crippen LogP contribution is 2.32. The lowest BCUT2D eigenvalue weighted by molar-refractivity contribution is -0.137. The van der Waals surface area contributed by atoms with Crippen molar-refractivity contribution in [1.29, 1.82) is 0 Å². The molecule has 0 spiro atoms. The molecule has 0 bridgehead atoms. The molecule has 0 aromatic heterocycles. The minimum absolute atomic E-state index is 0.132. The van der Waals surface area contributed by atoms with Crippen molar-refractivity contribution >= 4 is 31.9 Å². The van der Waals surface area contributed by atoms with Crippen molar-refractivity contribution in [2.75, 3.05) is 13.7 Å². The van der Waals surface area contributed by atoms with E-state index in [0.717, 1.165) is 0 Å². The van der Waals surface area contributed by atoms with Gasteiger partial charge in [0, 0.05) is 12.6 Å². The van der Waals surface area contributed by atoms with Crippen LogP contribution in [0.3, 0.4) is 0 Å². The molecule has 1 N–H and O–H groups in total. The summed E-state index contributed by atoms with van der Waals surface area (Å²) < 4.78 is 32.2. The maximum Gasteiger partial charge on any atom is 0.304 e. The minimum atomic E-state index is -3.70. The third kappa shape index (κ3) is 3.38. The third-order valence-corrected chi connectivity index (χ3v) is 6.03. The molecule has 8 heteroatoms. The predicted octanol–water partition coefficient (Wildman–Crippen LogP) is 2.09. The van der Waals surface area contributed by atoms with Gasteiger partial charge in [-0.05, 0) is 47.0 Å². The molecule has 1 aliphatic heterocycles. The number of rotatable bonds is 5. The zero-order valence-electron chi connectivity index (χ0n) is 11.5. The van der Waals surface area contributed by atoms with E-state index in [0.29, 0.717) is 29.6 Å². The van der Waals surface area contributed by atoms with Gasteiger partial charge in [0.05, 0.1) is 22.9 Å². The molecule has 0 aliphatic carbocycles. The fourth-order valence-electron chi connectivity index (χ4n) is 2.47. The van der Waals surface area contributed by atoms with Gasteiger partial charge in [0.1, 0.15) is 5.75 Å². The molecule has 116 valence electrons. The molecular formula is C13H16BrNO5S. The summed E-state index contributed by atoms with van der Waals surface area (Å²) in [4.78, 5) is 11.0. The molecule has 1 fully saturated rings. The first kappa shape index (κ1) is 16.3. The monoisotopic (exact) mass is 377 g/mol. The van der Waals surface area contributed by atoms with E-state index in [-0.39, 0.29) is 11.3 Å². The van der Waals surface area contributed by atoms with Crippen LogP contribution in [0, 0.1) is 0 Å². The van der Waals surface area contributed by atoms with Crippen LogP contribution in [0.2, 0.25) is 0 Å². The molecule has 1 unspecified atom stereocenters. The number of carboxylic acids is 1. The van der Waals surface area contributed by atoms with Gasteiger partial charge in [-0.1, -0.05) is 0 Å². The first-order valence-electron chi connectivity index (χ1n) is 6.43. The molecule has 1 atom stereocenters. The van der Waals surface area contributed by atoms with Crippen LogP contribution in [0.4, 0.5) is 0 Å². The lowest BCUT2D eigenvalue weighted by Gasteiger charge is -2.23. The van der Waals surface area contributed by atoms with Crippen molar-refractivity contribution in [2.45, 2.75) is 30.2 Å². The van der Waals surface area contributed by atoms with E-state index in [4.69, 9.17) is 9.84 Å². The van der Waals surface area contributed by atoms with Crippen LogP contribution < -0.4 is 4.74 Å². The number of nitrogens with zero attached hydrogens (tertiary/aromatic N) is 1. The predicted molar refractivity (Wildman–Crippen MR) is 79.9 cm³/mol. The molecule has 1 aromatic rings. The Morgan fingerprint density at radius 3 is 2.81 bits per heavy atom. The van der Waals surface area contributed by atoms with Gasteiger partial charge in [0.25, 0.3) is 0 Å². The van der Waals surface area contributed by atoms with Gasteiger partial charge in [0.2, 0.25) is 10.0 Å². The van der Waals surface area contributed by atoms with Crippen molar-refractivity contribution in [3.63, 3.8) is 0 Å². The number of halogens is 1. The summed E-state index contributed by atoms with van der Waals surface area (Å²) in [6.07, 6.45) is 1.08. The topological polar surface area (TPSA) is 83.9 Å². The van der Waals surface area contributed by atoms with Crippen molar-refractivity contribution in [1.82, 2.24) is 4.31 Å². The molecule has 2 rings (SSSR count). The Kier molecular flexibility index (Phi) is 4.90. The molecule has 0 amide bonds. The highest BCUT2D eigenvalue weighted by Gasteiger charge is 2.36. The number of ether oxygens (including phenoxy) is 1. The SMILES string of the molecule is COc1ccc(S(=O)(=O)N2CCCC2CC(=O)O)cc1Br. The Hall–Kier alpha value is -1.12. The number of carbonyl (C=O) groups is 1. The fraction of sp³-hybridized carbons (Fsp3) is 0.462. The van der Waals surface area contributed by atoms with Crippen molar-refractivity contribution < 1.29 is 23.1 Å². The van der Waals surface area contributed by atoms with Crippen molar-refractivity contribution in [2.24, 2.45) is 0 Å². The number of carboxylic acid groups (broad SMARTS) is 1. The van der Waals surface area contributed by atoms with Crippen LogP contribution in [0.1, 0.15) is 19.3 Å². The zero-order valence-corrected chi connectivity index (χ0v) is 13.9. The summed E-state index contributed by atoms with van der Waals surface area (Å²) in [5.74, 6) is -0.449. The van der Waals surface area contributed by atoms with Crippen LogP contribution >= 0.6 is 15.9 Å². The molecule has 1 aromatic carbocycles. The highest BCUT2D eigenvalue weighted by atomic mass is 79.9. The fourth-order valence-corrected chi connectivity index (χ4v) is 4.89. The normalized spacial score (nSPS) is 19.6. The van der Waals surface area contributed by atoms with E-state index in [9.17, 15) is 13.2 Å². The van der Waals surface area contributed by atoms with Gasteiger partial charge < -0.3 is 9.84 Å². The van der Waals surface area contributed by atoms with Gasteiger partial charge in [-0.2, -0.15) is 4.31 Å². The molecule has 1 saturated heterocycles. The van der Waals surface area contributed by atoms with Crippen LogP contribution in [0.25, 0.3) is 0 Å². The maximum atomic E-state index is 12.6. The lowest BCUT2D eigenvalue weighted by atomic mass is 10.2. The molecular weight excluding hydrogens is 362 g/mol.